The first-order valence-electron chi connectivity index (χ1n) is 9.00. The van der Waals surface area contributed by atoms with Gasteiger partial charge in [-0.3, -0.25) is 9.69 Å². The first-order valence-corrected chi connectivity index (χ1v) is 11.0. The zero-order valence-corrected chi connectivity index (χ0v) is 17.1. The largest absolute Gasteiger partial charge is 0.379 e. The molecule has 142 valence electrons. The van der Waals surface area contributed by atoms with Crippen LogP contribution in [0.4, 0.5) is 5.69 Å². The van der Waals surface area contributed by atoms with Gasteiger partial charge in [0.15, 0.2) is 0 Å². The molecule has 0 atom stereocenters. The van der Waals surface area contributed by atoms with E-state index in [1.165, 1.54) is 9.58 Å². The number of fused-ring (bicyclic) bond motifs is 1. The average molecular weight is 402 g/mol. The maximum Gasteiger partial charge on any atom is 0.272 e. The van der Waals surface area contributed by atoms with E-state index in [4.69, 9.17) is 4.74 Å². The molecule has 0 spiro atoms. The summed E-state index contributed by atoms with van der Waals surface area (Å²) in [5.41, 5.74) is 3.61. The Bertz CT molecular complexity index is 957. The van der Waals surface area contributed by atoms with E-state index in [-0.39, 0.29) is 5.91 Å². The van der Waals surface area contributed by atoms with Gasteiger partial charge in [-0.1, -0.05) is 6.07 Å². The second kappa shape index (κ2) is 8.06. The highest BCUT2D eigenvalue weighted by Gasteiger charge is 2.22. The maximum absolute atomic E-state index is 13.0. The lowest BCUT2D eigenvalue weighted by Gasteiger charge is -2.26. The standard InChI is InChI=1S/C20H23N3O2S2/c1-13-10-17-19(27-13)16(12-23-6-8-25-9-7-23)18(22-17)20(24)21-14-4-3-5-15(11-14)26-2/h3-5,10-11,22H,6-9,12H2,1-2H3,(H,21,24). The molecule has 7 heteroatoms. The molecule has 5 nitrogen and oxygen atoms in total. The zero-order chi connectivity index (χ0) is 18.8. The molecular weight excluding hydrogens is 378 g/mol. The molecule has 2 aromatic heterocycles. The van der Waals surface area contributed by atoms with Gasteiger partial charge >= 0.3 is 0 Å². The van der Waals surface area contributed by atoms with Gasteiger partial charge in [-0.2, -0.15) is 0 Å². The average Bonchev–Trinajstić information content (AvgIpc) is 3.20. The summed E-state index contributed by atoms with van der Waals surface area (Å²) in [6, 6.07) is 10.0. The van der Waals surface area contributed by atoms with Gasteiger partial charge in [-0.15, -0.1) is 23.1 Å². The molecule has 27 heavy (non-hydrogen) atoms. The number of thioether (sulfide) groups is 1. The van der Waals surface area contributed by atoms with Crippen LogP contribution < -0.4 is 5.32 Å². The Morgan fingerprint density at radius 2 is 2.15 bits per heavy atom. The monoisotopic (exact) mass is 401 g/mol. The summed E-state index contributed by atoms with van der Waals surface area (Å²) in [6.07, 6.45) is 2.03. The van der Waals surface area contributed by atoms with E-state index in [2.05, 4.69) is 28.2 Å². The van der Waals surface area contributed by atoms with Crippen LogP contribution in [-0.4, -0.2) is 48.4 Å². The van der Waals surface area contributed by atoms with Crippen molar-refractivity contribution in [2.75, 3.05) is 37.9 Å². The van der Waals surface area contributed by atoms with Crippen molar-refractivity contribution in [3.8, 4) is 0 Å². The lowest BCUT2D eigenvalue weighted by molar-refractivity contribution is 0.0343. The van der Waals surface area contributed by atoms with Gasteiger partial charge in [-0.05, 0) is 37.4 Å². The molecule has 0 unspecified atom stereocenters. The topological polar surface area (TPSA) is 57.4 Å². The molecule has 1 fully saturated rings. The fourth-order valence-corrected chi connectivity index (χ4v) is 4.84. The number of morpholine rings is 1. The third kappa shape index (κ3) is 4.06. The van der Waals surface area contributed by atoms with E-state index in [9.17, 15) is 4.79 Å². The summed E-state index contributed by atoms with van der Waals surface area (Å²) < 4.78 is 6.64. The lowest BCUT2D eigenvalue weighted by atomic mass is 10.2. The molecule has 3 heterocycles. The zero-order valence-electron chi connectivity index (χ0n) is 15.5. The number of aromatic nitrogens is 1. The number of nitrogens with one attached hydrogen (secondary N) is 2. The molecule has 0 aliphatic carbocycles. The second-order valence-electron chi connectivity index (χ2n) is 6.65. The molecule has 1 aromatic carbocycles. The quantitative estimate of drug-likeness (QED) is 0.624. The van der Waals surface area contributed by atoms with Gasteiger partial charge in [0, 0.05) is 40.7 Å². The number of amides is 1. The first-order chi connectivity index (χ1) is 13.1. The smallest absolute Gasteiger partial charge is 0.272 e. The van der Waals surface area contributed by atoms with Gasteiger partial charge < -0.3 is 15.0 Å². The molecule has 1 amide bonds. The maximum atomic E-state index is 13.0. The summed E-state index contributed by atoms with van der Waals surface area (Å²) in [6.45, 7) is 6.16. The number of carbonyl (C=O) groups excluding carboxylic acids is 1. The third-order valence-electron chi connectivity index (χ3n) is 4.73. The minimum atomic E-state index is -0.0856. The molecular formula is C20H23N3O2S2. The summed E-state index contributed by atoms with van der Waals surface area (Å²) in [4.78, 5) is 21.1. The van der Waals surface area contributed by atoms with Crippen LogP contribution in [0.15, 0.2) is 35.2 Å². The normalized spacial score (nSPS) is 15.3. The summed E-state index contributed by atoms with van der Waals surface area (Å²) >= 11 is 3.41. The first kappa shape index (κ1) is 18.6. The van der Waals surface area contributed by atoms with Crippen molar-refractivity contribution in [1.29, 1.82) is 0 Å². The molecule has 0 radical (unpaired) electrons. The number of hydrogen-bond acceptors (Lipinski definition) is 5. The van der Waals surface area contributed by atoms with Crippen molar-refractivity contribution in [2.45, 2.75) is 18.4 Å². The molecule has 0 saturated carbocycles. The van der Waals surface area contributed by atoms with Crippen LogP contribution in [0.2, 0.25) is 0 Å². The highest BCUT2D eigenvalue weighted by Crippen LogP contribution is 2.32. The Balaban J connectivity index is 1.63. The van der Waals surface area contributed by atoms with Crippen LogP contribution in [0.5, 0.6) is 0 Å². The van der Waals surface area contributed by atoms with Crippen LogP contribution in [0.3, 0.4) is 0 Å². The van der Waals surface area contributed by atoms with Gasteiger partial charge in [0.05, 0.1) is 23.4 Å². The number of thiophene rings is 1. The van der Waals surface area contributed by atoms with E-state index in [0.29, 0.717) is 5.69 Å². The van der Waals surface area contributed by atoms with Gasteiger partial charge in [0.25, 0.3) is 5.91 Å². The van der Waals surface area contributed by atoms with Crippen LogP contribution in [0.1, 0.15) is 20.9 Å². The Labute approximate surface area is 167 Å². The number of rotatable bonds is 5. The Morgan fingerprint density at radius 3 is 2.93 bits per heavy atom. The summed E-state index contributed by atoms with van der Waals surface area (Å²) in [5, 5.41) is 3.05. The fourth-order valence-electron chi connectivity index (χ4n) is 3.38. The van der Waals surface area contributed by atoms with Crippen LogP contribution in [-0.2, 0) is 11.3 Å². The molecule has 3 aromatic rings. The number of H-pyrrole nitrogens is 1. The lowest BCUT2D eigenvalue weighted by Crippen LogP contribution is -2.36. The molecule has 0 bridgehead atoms. The third-order valence-corrected chi connectivity index (χ3v) is 6.57. The predicted octanol–water partition coefficient (Wildman–Crippen LogP) is 4.34. The highest BCUT2D eigenvalue weighted by atomic mass is 32.2. The number of benzene rings is 1. The fraction of sp³-hybridized carbons (Fsp3) is 0.350. The minimum absolute atomic E-state index is 0.0856. The van der Waals surface area contributed by atoms with Crippen molar-refractivity contribution in [3.05, 3.63) is 46.5 Å². The van der Waals surface area contributed by atoms with Crippen LogP contribution in [0, 0.1) is 6.92 Å². The highest BCUT2D eigenvalue weighted by molar-refractivity contribution is 7.98. The number of anilines is 1. The SMILES string of the molecule is CSc1cccc(NC(=O)c2[nH]c3cc(C)sc3c2CN2CCOCC2)c1. The molecule has 1 aliphatic rings. The molecule has 2 N–H and O–H groups in total. The Morgan fingerprint density at radius 1 is 1.33 bits per heavy atom. The van der Waals surface area contributed by atoms with E-state index in [0.717, 1.165) is 54.5 Å². The number of ether oxygens (including phenoxy) is 1. The number of aryl methyl sites for hydroxylation is 1. The summed E-state index contributed by atoms with van der Waals surface area (Å²) in [5.74, 6) is -0.0856. The minimum Gasteiger partial charge on any atom is -0.379 e. The van der Waals surface area contributed by atoms with Crippen molar-refractivity contribution in [1.82, 2.24) is 9.88 Å². The predicted molar refractivity (Wildman–Crippen MR) is 113 cm³/mol. The van der Waals surface area contributed by atoms with Crippen LogP contribution in [0.25, 0.3) is 10.2 Å². The van der Waals surface area contributed by atoms with Crippen molar-refractivity contribution in [3.63, 3.8) is 0 Å². The molecule has 1 saturated heterocycles. The van der Waals surface area contributed by atoms with Gasteiger partial charge in [-0.25, -0.2) is 0 Å². The Kier molecular flexibility index (Phi) is 5.54. The second-order valence-corrected chi connectivity index (χ2v) is 8.79. The number of hydrogen-bond donors (Lipinski definition) is 2. The van der Waals surface area contributed by atoms with Crippen molar-refractivity contribution >= 4 is 44.9 Å². The van der Waals surface area contributed by atoms with E-state index in [1.807, 2.05) is 30.5 Å². The number of nitrogens with zero attached hydrogens (tertiary/aromatic N) is 1. The van der Waals surface area contributed by atoms with Crippen molar-refractivity contribution < 1.29 is 9.53 Å². The molecule has 4 rings (SSSR count). The van der Waals surface area contributed by atoms with Crippen LogP contribution >= 0.6 is 23.1 Å². The van der Waals surface area contributed by atoms with E-state index >= 15 is 0 Å². The number of carbonyl (C=O) groups is 1. The summed E-state index contributed by atoms with van der Waals surface area (Å²) in [7, 11) is 0. The van der Waals surface area contributed by atoms with E-state index in [1.54, 1.807) is 23.1 Å². The van der Waals surface area contributed by atoms with E-state index < -0.39 is 0 Å². The van der Waals surface area contributed by atoms with Gasteiger partial charge in [0.1, 0.15) is 5.69 Å². The van der Waals surface area contributed by atoms with Crippen molar-refractivity contribution in [2.24, 2.45) is 0 Å². The molecule has 1 aliphatic heterocycles. The van der Waals surface area contributed by atoms with Gasteiger partial charge in [0.2, 0.25) is 0 Å². The number of aromatic amines is 1. The Hall–Kier alpha value is -1.80.